The standard InChI is InChI=1S/C9H10N6O/c10-8-7(9(11)15-14-8)13-12-5-2-1-3-6(16)4-5/h1-4,12,16H,(H4,10,11,13,14,15). The second-order valence-electron chi connectivity index (χ2n) is 3.11. The van der Waals surface area contributed by atoms with Crippen LogP contribution in [-0.4, -0.2) is 22.5 Å². The number of amidine groups is 2. The van der Waals surface area contributed by atoms with E-state index in [2.05, 4.69) is 21.1 Å². The van der Waals surface area contributed by atoms with E-state index < -0.39 is 0 Å². The average molecular weight is 218 g/mol. The summed E-state index contributed by atoms with van der Waals surface area (Å²) in [6, 6.07) is 6.45. The Morgan fingerprint density at radius 2 is 2.31 bits per heavy atom. The maximum atomic E-state index is 9.22. The zero-order valence-electron chi connectivity index (χ0n) is 8.23. The number of phenolic OH excluding ortho intramolecular Hbond substituents is 1. The van der Waals surface area contributed by atoms with Gasteiger partial charge in [-0.2, -0.15) is 10.2 Å². The lowest BCUT2D eigenvalue weighted by Crippen LogP contribution is -2.28. The number of nitrogens with two attached hydrogens (primary N) is 1. The van der Waals surface area contributed by atoms with Crippen molar-refractivity contribution < 1.29 is 5.11 Å². The molecule has 0 amide bonds. The Balaban J connectivity index is 2.15. The van der Waals surface area contributed by atoms with Gasteiger partial charge < -0.3 is 10.8 Å². The van der Waals surface area contributed by atoms with E-state index in [1.54, 1.807) is 18.2 Å². The minimum atomic E-state index is 0.0325. The third-order valence-corrected chi connectivity index (χ3v) is 1.91. The van der Waals surface area contributed by atoms with E-state index in [0.29, 0.717) is 5.69 Å². The first kappa shape index (κ1) is 9.97. The number of hydrogen-bond donors (Lipinski definition) is 5. The summed E-state index contributed by atoms with van der Waals surface area (Å²) < 4.78 is 0. The van der Waals surface area contributed by atoms with Crippen LogP contribution in [0.4, 0.5) is 5.69 Å². The summed E-state index contributed by atoms with van der Waals surface area (Å²) in [5.74, 6) is 0.314. The summed E-state index contributed by atoms with van der Waals surface area (Å²) in [7, 11) is 0. The molecule has 2 rings (SSSR count). The van der Waals surface area contributed by atoms with E-state index in [4.69, 9.17) is 11.1 Å². The molecule has 1 aromatic carbocycles. The fourth-order valence-corrected chi connectivity index (χ4v) is 1.16. The fraction of sp³-hybridized carbons (Fsp3) is 0. The highest BCUT2D eigenvalue weighted by molar-refractivity contribution is 6.68. The van der Waals surface area contributed by atoms with E-state index in [-0.39, 0.29) is 23.1 Å². The van der Waals surface area contributed by atoms with Gasteiger partial charge in [0.1, 0.15) is 5.75 Å². The van der Waals surface area contributed by atoms with Crippen LogP contribution >= 0.6 is 0 Å². The molecular formula is C9H10N6O. The van der Waals surface area contributed by atoms with Crippen molar-refractivity contribution in [2.24, 2.45) is 15.9 Å². The van der Waals surface area contributed by atoms with Gasteiger partial charge >= 0.3 is 0 Å². The Labute approximate surface area is 91.2 Å². The van der Waals surface area contributed by atoms with Gasteiger partial charge in [-0.25, -0.2) is 0 Å². The van der Waals surface area contributed by atoms with Crippen LogP contribution in [-0.2, 0) is 0 Å². The Morgan fingerprint density at radius 1 is 1.50 bits per heavy atom. The van der Waals surface area contributed by atoms with Gasteiger partial charge in [0.15, 0.2) is 17.4 Å². The van der Waals surface area contributed by atoms with Gasteiger partial charge in [-0.15, -0.1) is 0 Å². The minimum absolute atomic E-state index is 0.0325. The molecule has 0 aliphatic carbocycles. The van der Waals surface area contributed by atoms with Crippen LogP contribution in [0.25, 0.3) is 0 Å². The number of anilines is 1. The fourth-order valence-electron chi connectivity index (χ4n) is 1.16. The van der Waals surface area contributed by atoms with Crippen molar-refractivity contribution in [1.82, 2.24) is 5.43 Å². The highest BCUT2D eigenvalue weighted by Crippen LogP contribution is 2.15. The number of hydrogen-bond acceptors (Lipinski definition) is 6. The molecular weight excluding hydrogens is 208 g/mol. The number of nitrogens with zero attached hydrogens (tertiary/aromatic N) is 2. The number of nitrogens with one attached hydrogen (secondary N) is 3. The molecule has 16 heavy (non-hydrogen) atoms. The van der Waals surface area contributed by atoms with Crippen molar-refractivity contribution in [3.8, 4) is 5.75 Å². The lowest BCUT2D eigenvalue weighted by Gasteiger charge is -2.02. The summed E-state index contributed by atoms with van der Waals surface area (Å²) in [5, 5.41) is 24.2. The van der Waals surface area contributed by atoms with Gasteiger partial charge in [-0.3, -0.25) is 16.3 Å². The van der Waals surface area contributed by atoms with E-state index in [1.807, 2.05) is 0 Å². The summed E-state index contributed by atoms with van der Waals surface area (Å²) in [6.45, 7) is 0. The van der Waals surface area contributed by atoms with Crippen LogP contribution in [0.15, 0.2) is 34.5 Å². The van der Waals surface area contributed by atoms with E-state index in [1.165, 1.54) is 6.07 Å². The van der Waals surface area contributed by atoms with Crippen molar-refractivity contribution in [2.45, 2.75) is 0 Å². The molecule has 7 nitrogen and oxygen atoms in total. The van der Waals surface area contributed by atoms with Gasteiger partial charge in [-0.05, 0) is 12.1 Å². The first-order valence-corrected chi connectivity index (χ1v) is 4.48. The van der Waals surface area contributed by atoms with Gasteiger partial charge in [0.2, 0.25) is 0 Å². The van der Waals surface area contributed by atoms with Crippen LogP contribution in [0.5, 0.6) is 5.75 Å². The number of benzene rings is 1. The van der Waals surface area contributed by atoms with E-state index in [0.717, 1.165) is 0 Å². The van der Waals surface area contributed by atoms with Crippen molar-refractivity contribution in [3.63, 3.8) is 0 Å². The summed E-state index contributed by atoms with van der Waals surface area (Å²) in [4.78, 5) is 0. The van der Waals surface area contributed by atoms with E-state index >= 15 is 0 Å². The largest absolute Gasteiger partial charge is 0.508 e. The number of phenols is 1. The first-order valence-electron chi connectivity index (χ1n) is 4.48. The Kier molecular flexibility index (Phi) is 2.42. The predicted octanol–water partition coefficient (Wildman–Crippen LogP) is 0.0128. The molecule has 1 aliphatic heterocycles. The number of hydrazone groups is 2. The lowest BCUT2D eigenvalue weighted by atomic mass is 10.3. The van der Waals surface area contributed by atoms with Gasteiger partial charge in [0.25, 0.3) is 0 Å². The molecule has 0 saturated carbocycles. The Bertz CT molecular complexity index is 493. The molecule has 0 unspecified atom stereocenters. The maximum Gasteiger partial charge on any atom is 0.175 e. The van der Waals surface area contributed by atoms with Crippen LogP contribution in [0.2, 0.25) is 0 Å². The smallest absolute Gasteiger partial charge is 0.175 e. The minimum Gasteiger partial charge on any atom is -0.508 e. The first-order chi connectivity index (χ1) is 7.66. The average Bonchev–Trinajstić information content (AvgIpc) is 2.56. The van der Waals surface area contributed by atoms with Crippen LogP contribution in [0, 0.1) is 5.41 Å². The maximum absolute atomic E-state index is 9.22. The number of aromatic hydroxyl groups is 1. The zero-order chi connectivity index (χ0) is 11.5. The molecule has 82 valence electrons. The van der Waals surface area contributed by atoms with Crippen LogP contribution < -0.4 is 16.6 Å². The molecule has 0 aromatic heterocycles. The monoisotopic (exact) mass is 218 g/mol. The highest BCUT2D eigenvalue weighted by atomic mass is 16.3. The summed E-state index contributed by atoms with van der Waals surface area (Å²) in [6.07, 6.45) is 0. The van der Waals surface area contributed by atoms with Crippen molar-refractivity contribution >= 4 is 23.1 Å². The molecule has 1 aliphatic rings. The van der Waals surface area contributed by atoms with Gasteiger partial charge in [0.05, 0.1) is 5.69 Å². The predicted molar refractivity (Wildman–Crippen MR) is 61.6 cm³/mol. The molecule has 0 atom stereocenters. The molecule has 1 heterocycles. The van der Waals surface area contributed by atoms with E-state index in [9.17, 15) is 5.11 Å². The van der Waals surface area contributed by atoms with Crippen molar-refractivity contribution in [3.05, 3.63) is 24.3 Å². The normalized spacial score (nSPS) is 17.1. The summed E-state index contributed by atoms with van der Waals surface area (Å²) >= 11 is 0. The molecule has 0 saturated heterocycles. The molecule has 0 fully saturated rings. The van der Waals surface area contributed by atoms with Gasteiger partial charge in [-0.1, -0.05) is 6.07 Å². The topological polar surface area (TPSA) is 119 Å². The lowest BCUT2D eigenvalue weighted by molar-refractivity contribution is 0.475. The Morgan fingerprint density at radius 3 is 2.94 bits per heavy atom. The van der Waals surface area contributed by atoms with Crippen LogP contribution in [0.3, 0.4) is 0 Å². The SMILES string of the molecule is N=C1NN=C(N)/C1=N/Nc1cccc(O)c1. The van der Waals surface area contributed by atoms with Crippen molar-refractivity contribution in [1.29, 1.82) is 5.41 Å². The Hall–Kier alpha value is -2.57. The second-order valence-corrected chi connectivity index (χ2v) is 3.11. The van der Waals surface area contributed by atoms with Crippen molar-refractivity contribution in [2.75, 3.05) is 5.43 Å². The quantitative estimate of drug-likeness (QED) is 0.449. The zero-order valence-corrected chi connectivity index (χ0v) is 8.23. The van der Waals surface area contributed by atoms with Gasteiger partial charge in [0, 0.05) is 6.07 Å². The molecule has 7 heteroatoms. The third-order valence-electron chi connectivity index (χ3n) is 1.91. The second kappa shape index (κ2) is 3.89. The molecule has 0 spiro atoms. The summed E-state index contributed by atoms with van der Waals surface area (Å²) in [5.41, 5.74) is 11.4. The van der Waals surface area contributed by atoms with Crippen LogP contribution in [0.1, 0.15) is 0 Å². The molecule has 6 N–H and O–H groups in total. The number of rotatable bonds is 2. The molecule has 0 radical (unpaired) electrons. The molecule has 1 aromatic rings. The highest BCUT2D eigenvalue weighted by Gasteiger charge is 2.18. The molecule has 0 bridgehead atoms. The third kappa shape index (κ3) is 1.92.